The lowest BCUT2D eigenvalue weighted by Gasteiger charge is -2.31. The second kappa shape index (κ2) is 15.0. The van der Waals surface area contributed by atoms with Crippen molar-refractivity contribution in [3.05, 3.63) is 289 Å². The standard InChI is InChI=1S/C79H44N2/c1-2-19-46-45(18-1)38-39-56-49-20-3-9-31-65(49)79(76(46)56)66-32-10-4-23-59(66)73-62(30-17-33-67(73)79)72-52-28-15-26-47(54-40-42-57-50-21-5-11-34-68(50)80-70-36-13-7-24-60(70)74(54)77(57)80)63(52)44-64-48(27-16-29-53(64)72)55-41-43-58-51-22-6-12-35-69(51)81-71-37-14-8-25-61(71)75(55)78(58)81/h1-44H. The van der Waals surface area contributed by atoms with Crippen LogP contribution in [-0.2, 0) is 5.41 Å². The number of para-hydroxylation sites is 4. The van der Waals surface area contributed by atoms with Gasteiger partial charge in [-0.2, -0.15) is 0 Å². The molecule has 0 bridgehead atoms. The van der Waals surface area contributed by atoms with E-state index in [1.54, 1.807) is 0 Å². The number of hydrogen-bond acceptors (Lipinski definition) is 0. The van der Waals surface area contributed by atoms with Crippen LogP contribution in [0.1, 0.15) is 22.3 Å². The highest BCUT2D eigenvalue weighted by molar-refractivity contribution is 6.31. The summed E-state index contributed by atoms with van der Waals surface area (Å²) in [4.78, 5) is 0. The molecule has 2 heteroatoms. The van der Waals surface area contributed by atoms with Gasteiger partial charge in [-0.15, -0.1) is 0 Å². The fourth-order valence-electron chi connectivity index (χ4n) is 16.5. The van der Waals surface area contributed by atoms with Crippen LogP contribution in [0.5, 0.6) is 0 Å². The van der Waals surface area contributed by atoms with Crippen molar-refractivity contribution in [2.24, 2.45) is 0 Å². The molecular weight excluding hydrogens is 977 g/mol. The molecule has 0 amide bonds. The van der Waals surface area contributed by atoms with Crippen LogP contribution in [0.2, 0.25) is 0 Å². The van der Waals surface area contributed by atoms with Gasteiger partial charge in [0, 0.05) is 43.1 Å². The van der Waals surface area contributed by atoms with Crippen molar-refractivity contribution in [3.8, 4) is 55.6 Å². The van der Waals surface area contributed by atoms with Crippen molar-refractivity contribution < 1.29 is 0 Å². The summed E-state index contributed by atoms with van der Waals surface area (Å²) in [7, 11) is 0. The summed E-state index contributed by atoms with van der Waals surface area (Å²) in [5.74, 6) is 0. The average Bonchev–Trinajstić information content (AvgIpc) is 1.81. The highest BCUT2D eigenvalue weighted by Gasteiger charge is 2.53. The molecule has 370 valence electrons. The third-order valence-electron chi connectivity index (χ3n) is 19.4. The molecule has 14 aromatic carbocycles. The maximum Gasteiger partial charge on any atom is 0.0731 e. The Labute approximate surface area is 464 Å². The molecule has 2 aliphatic rings. The van der Waals surface area contributed by atoms with Crippen LogP contribution in [0.3, 0.4) is 0 Å². The fraction of sp³-hybridized carbons (Fsp3) is 0.0127. The lowest BCUT2D eigenvalue weighted by molar-refractivity contribution is 0.801. The fourth-order valence-corrected chi connectivity index (χ4v) is 16.5. The van der Waals surface area contributed by atoms with Crippen molar-refractivity contribution in [1.82, 2.24) is 8.80 Å². The Bertz CT molecular complexity index is 5610. The number of aromatic nitrogens is 2. The van der Waals surface area contributed by atoms with Gasteiger partial charge in [-0.05, 0) is 141 Å². The van der Waals surface area contributed by atoms with Gasteiger partial charge in [-0.1, -0.05) is 237 Å². The summed E-state index contributed by atoms with van der Waals surface area (Å²) in [6.07, 6.45) is 0. The van der Waals surface area contributed by atoms with E-state index in [0.717, 1.165) is 0 Å². The molecule has 0 fully saturated rings. The van der Waals surface area contributed by atoms with Crippen LogP contribution in [0.15, 0.2) is 267 Å². The molecule has 0 aliphatic heterocycles. The van der Waals surface area contributed by atoms with E-state index in [-0.39, 0.29) is 0 Å². The molecule has 1 spiro atoms. The number of nitrogens with zero attached hydrogens (tertiary/aromatic N) is 2. The first-order valence-corrected chi connectivity index (χ1v) is 28.4. The van der Waals surface area contributed by atoms with Crippen molar-refractivity contribution in [3.63, 3.8) is 0 Å². The summed E-state index contributed by atoms with van der Waals surface area (Å²) < 4.78 is 5.03. The molecule has 18 aromatic rings. The lowest BCUT2D eigenvalue weighted by atomic mass is 9.69. The van der Waals surface area contributed by atoms with E-state index in [2.05, 4.69) is 276 Å². The van der Waals surface area contributed by atoms with Crippen LogP contribution in [0.4, 0.5) is 0 Å². The SMILES string of the molecule is c1ccc2c(c1)-c1ccc3ccccc3c1C21c2ccccc2-c2c(-c3c4cccc(-c5ccc6c7ccccc7n7c8ccccc8c5c67)c4cc4c(-c5ccc6c7ccccc7n7c8ccccc8c5c67)cccc34)cccc21. The van der Waals surface area contributed by atoms with Gasteiger partial charge in [-0.25, -0.2) is 0 Å². The third kappa shape index (κ3) is 5.00. The summed E-state index contributed by atoms with van der Waals surface area (Å²) in [5.41, 5.74) is 25.1. The smallest absolute Gasteiger partial charge is 0.0731 e. The minimum absolute atomic E-state index is 0.539. The molecule has 20 rings (SSSR count). The molecule has 0 radical (unpaired) electrons. The van der Waals surface area contributed by atoms with Gasteiger partial charge in [0.15, 0.2) is 0 Å². The number of fused-ring (bicyclic) bond motifs is 26. The Kier molecular flexibility index (Phi) is 7.85. The maximum absolute atomic E-state index is 2.56. The first-order valence-electron chi connectivity index (χ1n) is 28.4. The summed E-state index contributed by atoms with van der Waals surface area (Å²) in [5, 5.41) is 17.8. The summed E-state index contributed by atoms with van der Waals surface area (Å²) in [6.45, 7) is 0. The van der Waals surface area contributed by atoms with Gasteiger partial charge in [0.1, 0.15) is 0 Å². The van der Waals surface area contributed by atoms with Crippen LogP contribution >= 0.6 is 0 Å². The largest absolute Gasteiger partial charge is 0.308 e. The molecule has 4 heterocycles. The molecule has 2 nitrogen and oxygen atoms in total. The Morgan fingerprint density at radius 3 is 1.25 bits per heavy atom. The van der Waals surface area contributed by atoms with Gasteiger partial charge in [0.2, 0.25) is 0 Å². The highest BCUT2D eigenvalue weighted by Crippen LogP contribution is 2.66. The second-order valence-corrected chi connectivity index (χ2v) is 22.8. The predicted molar refractivity (Wildman–Crippen MR) is 341 cm³/mol. The molecule has 0 saturated heterocycles. The first kappa shape index (κ1) is 42.5. The van der Waals surface area contributed by atoms with Crippen LogP contribution in [0.25, 0.3) is 164 Å². The number of benzene rings is 14. The summed E-state index contributed by atoms with van der Waals surface area (Å²) in [6, 6.07) is 102. The molecule has 0 N–H and O–H groups in total. The molecule has 1 unspecified atom stereocenters. The molecular formula is C79H44N2. The van der Waals surface area contributed by atoms with Crippen LogP contribution in [-0.4, -0.2) is 8.80 Å². The van der Waals surface area contributed by atoms with Crippen molar-refractivity contribution in [2.75, 3.05) is 0 Å². The van der Waals surface area contributed by atoms with E-state index in [1.807, 2.05) is 0 Å². The molecule has 1 atom stereocenters. The van der Waals surface area contributed by atoms with E-state index in [4.69, 9.17) is 0 Å². The molecule has 2 aliphatic carbocycles. The highest BCUT2D eigenvalue weighted by atomic mass is 14.9. The summed E-state index contributed by atoms with van der Waals surface area (Å²) >= 11 is 0. The third-order valence-corrected chi connectivity index (χ3v) is 19.4. The molecule has 0 saturated carbocycles. The topological polar surface area (TPSA) is 8.82 Å². The lowest BCUT2D eigenvalue weighted by Crippen LogP contribution is -2.26. The molecule has 81 heavy (non-hydrogen) atoms. The van der Waals surface area contributed by atoms with E-state index in [9.17, 15) is 0 Å². The van der Waals surface area contributed by atoms with Crippen molar-refractivity contribution in [1.29, 1.82) is 0 Å². The Hall–Kier alpha value is -10.5. The van der Waals surface area contributed by atoms with Crippen LogP contribution in [0, 0.1) is 0 Å². The van der Waals surface area contributed by atoms with E-state index < -0.39 is 5.41 Å². The van der Waals surface area contributed by atoms with Gasteiger partial charge in [-0.3, -0.25) is 0 Å². The van der Waals surface area contributed by atoms with Crippen LogP contribution < -0.4 is 0 Å². The van der Waals surface area contributed by atoms with E-state index in [0.29, 0.717) is 0 Å². The first-order chi connectivity index (χ1) is 40.3. The minimum atomic E-state index is -0.539. The zero-order valence-corrected chi connectivity index (χ0v) is 43.8. The van der Waals surface area contributed by atoms with E-state index >= 15 is 0 Å². The van der Waals surface area contributed by atoms with Crippen molar-refractivity contribution >= 4 is 109 Å². The Morgan fingerprint density at radius 1 is 0.222 bits per heavy atom. The van der Waals surface area contributed by atoms with Gasteiger partial charge < -0.3 is 8.80 Å². The van der Waals surface area contributed by atoms with Gasteiger partial charge in [0.05, 0.1) is 38.5 Å². The predicted octanol–water partition coefficient (Wildman–Crippen LogP) is 20.8. The number of hydrogen-bond donors (Lipinski definition) is 0. The average molecular weight is 1020 g/mol. The van der Waals surface area contributed by atoms with E-state index in [1.165, 1.54) is 186 Å². The zero-order chi connectivity index (χ0) is 52.4. The van der Waals surface area contributed by atoms with Crippen molar-refractivity contribution in [2.45, 2.75) is 5.41 Å². The quantitative estimate of drug-likeness (QED) is 0.156. The maximum atomic E-state index is 2.56. The van der Waals surface area contributed by atoms with Gasteiger partial charge >= 0.3 is 0 Å². The Balaban J connectivity index is 0.954. The Morgan fingerprint density at radius 2 is 0.642 bits per heavy atom. The molecule has 4 aromatic heterocycles. The number of rotatable bonds is 3. The minimum Gasteiger partial charge on any atom is -0.308 e. The second-order valence-electron chi connectivity index (χ2n) is 22.8. The van der Waals surface area contributed by atoms with Gasteiger partial charge in [0.25, 0.3) is 0 Å². The zero-order valence-electron chi connectivity index (χ0n) is 43.8. The normalized spacial score (nSPS) is 14.7. The monoisotopic (exact) mass is 1020 g/mol.